The number of carbonyl (C=O) groups excluding carboxylic acids is 3. The molecule has 1 aromatic carbocycles. The van der Waals surface area contributed by atoms with E-state index in [9.17, 15) is 14.4 Å². The molecule has 0 radical (unpaired) electrons. The number of terminal acetylenes is 1. The molecule has 0 heterocycles. The molecule has 1 rings (SSSR count). The van der Waals surface area contributed by atoms with E-state index in [1.165, 1.54) is 13.2 Å². The maximum Gasteiger partial charge on any atom is 0.337 e. The number of ether oxygens (including phenoxy) is 2. The Hall–Kier alpha value is -2.81. The van der Waals surface area contributed by atoms with Crippen LogP contribution in [0.5, 0.6) is 0 Å². The molecule has 0 saturated carbocycles. The maximum atomic E-state index is 11.7. The van der Waals surface area contributed by atoms with Gasteiger partial charge in [-0.1, -0.05) is 12.0 Å². The number of hydrogen-bond acceptors (Lipinski definition) is 5. The number of hydrogen-bond donors (Lipinski definition) is 1. The minimum atomic E-state index is -0.479. The van der Waals surface area contributed by atoms with Crippen LogP contribution in [0.1, 0.15) is 29.6 Å². The van der Waals surface area contributed by atoms with Crippen molar-refractivity contribution in [3.8, 4) is 12.3 Å². The van der Waals surface area contributed by atoms with Crippen LogP contribution in [0.3, 0.4) is 0 Å². The first-order chi connectivity index (χ1) is 10.6. The summed E-state index contributed by atoms with van der Waals surface area (Å²) in [4.78, 5) is 34.3. The fraction of sp³-hybridized carbons (Fsp3) is 0.312. The zero-order chi connectivity index (χ0) is 16.4. The molecule has 0 fully saturated rings. The van der Waals surface area contributed by atoms with E-state index in [-0.39, 0.29) is 25.4 Å². The number of esters is 2. The van der Waals surface area contributed by atoms with Crippen molar-refractivity contribution in [3.63, 3.8) is 0 Å². The lowest BCUT2D eigenvalue weighted by Crippen LogP contribution is -2.13. The van der Waals surface area contributed by atoms with Gasteiger partial charge < -0.3 is 14.8 Å². The molecular weight excluding hydrogens is 286 g/mol. The fourth-order valence-corrected chi connectivity index (χ4v) is 1.65. The molecule has 22 heavy (non-hydrogen) atoms. The third kappa shape index (κ3) is 6.09. The van der Waals surface area contributed by atoms with Crippen molar-refractivity contribution >= 4 is 23.5 Å². The van der Waals surface area contributed by atoms with Crippen molar-refractivity contribution in [1.29, 1.82) is 0 Å². The van der Waals surface area contributed by atoms with E-state index in [4.69, 9.17) is 6.42 Å². The van der Waals surface area contributed by atoms with E-state index in [2.05, 4.69) is 20.7 Å². The molecule has 0 unspecified atom stereocenters. The van der Waals surface area contributed by atoms with Gasteiger partial charge in [-0.05, 0) is 24.6 Å². The number of methoxy groups -OCH3 is 1. The fourth-order valence-electron chi connectivity index (χ4n) is 1.65. The molecule has 0 aromatic heterocycles. The lowest BCUT2D eigenvalue weighted by Gasteiger charge is -2.06. The summed E-state index contributed by atoms with van der Waals surface area (Å²) in [5.41, 5.74) is 0.834. The van der Waals surface area contributed by atoms with Gasteiger partial charge >= 0.3 is 11.9 Å². The SMILES string of the molecule is C#CCOC(=O)CCCC(=O)Nc1cccc(C(=O)OC)c1. The van der Waals surface area contributed by atoms with Gasteiger partial charge in [-0.15, -0.1) is 6.42 Å². The van der Waals surface area contributed by atoms with Gasteiger partial charge in [0.2, 0.25) is 5.91 Å². The molecule has 0 aliphatic rings. The predicted octanol–water partition coefficient (Wildman–Crippen LogP) is 1.76. The molecule has 0 saturated heterocycles. The largest absolute Gasteiger partial charge is 0.465 e. The summed E-state index contributed by atoms with van der Waals surface area (Å²) < 4.78 is 9.29. The van der Waals surface area contributed by atoms with Gasteiger partial charge in [-0.3, -0.25) is 9.59 Å². The van der Waals surface area contributed by atoms with Gasteiger partial charge in [0.05, 0.1) is 12.7 Å². The Morgan fingerprint density at radius 2 is 2.05 bits per heavy atom. The highest BCUT2D eigenvalue weighted by atomic mass is 16.5. The number of amides is 1. The van der Waals surface area contributed by atoms with E-state index in [0.717, 1.165) is 0 Å². The van der Waals surface area contributed by atoms with Crippen LogP contribution in [0.15, 0.2) is 24.3 Å². The van der Waals surface area contributed by atoms with Crippen molar-refractivity contribution in [2.45, 2.75) is 19.3 Å². The minimum absolute atomic E-state index is 0.0641. The van der Waals surface area contributed by atoms with E-state index >= 15 is 0 Å². The molecule has 6 nitrogen and oxygen atoms in total. The Labute approximate surface area is 128 Å². The lowest BCUT2D eigenvalue weighted by atomic mass is 10.2. The average Bonchev–Trinajstić information content (AvgIpc) is 2.52. The van der Waals surface area contributed by atoms with Crippen molar-refractivity contribution in [2.75, 3.05) is 19.0 Å². The van der Waals surface area contributed by atoms with Crippen LogP contribution >= 0.6 is 0 Å². The first kappa shape index (κ1) is 17.2. The predicted molar refractivity (Wildman–Crippen MR) is 80.1 cm³/mol. The number of nitrogens with one attached hydrogen (secondary N) is 1. The Bertz CT molecular complexity index is 588. The van der Waals surface area contributed by atoms with Crippen LogP contribution in [-0.2, 0) is 19.1 Å². The highest BCUT2D eigenvalue weighted by molar-refractivity contribution is 5.94. The first-order valence-electron chi connectivity index (χ1n) is 6.64. The Morgan fingerprint density at radius 3 is 2.73 bits per heavy atom. The normalized spacial score (nSPS) is 9.45. The van der Waals surface area contributed by atoms with Gasteiger partial charge in [0, 0.05) is 18.5 Å². The third-order valence-electron chi connectivity index (χ3n) is 2.67. The Kier molecular flexibility index (Phi) is 7.20. The van der Waals surface area contributed by atoms with Crippen molar-refractivity contribution in [1.82, 2.24) is 0 Å². The number of carbonyl (C=O) groups is 3. The highest BCUT2D eigenvalue weighted by Crippen LogP contribution is 2.12. The Morgan fingerprint density at radius 1 is 1.27 bits per heavy atom. The van der Waals surface area contributed by atoms with E-state index in [1.807, 2.05) is 0 Å². The number of anilines is 1. The molecule has 0 atom stereocenters. The Balaban J connectivity index is 2.41. The van der Waals surface area contributed by atoms with Crippen LogP contribution in [0.4, 0.5) is 5.69 Å². The summed E-state index contributed by atoms with van der Waals surface area (Å²) in [5.74, 6) is 1.02. The summed E-state index contributed by atoms with van der Waals surface area (Å²) >= 11 is 0. The van der Waals surface area contributed by atoms with Crippen LogP contribution in [0, 0.1) is 12.3 Å². The maximum absolute atomic E-state index is 11.7. The monoisotopic (exact) mass is 303 g/mol. The van der Waals surface area contributed by atoms with Crippen LogP contribution in [0.2, 0.25) is 0 Å². The summed E-state index contributed by atoms with van der Waals surface area (Å²) in [6, 6.07) is 6.40. The van der Waals surface area contributed by atoms with Crippen molar-refractivity contribution in [2.24, 2.45) is 0 Å². The molecule has 0 spiro atoms. The molecule has 0 bridgehead atoms. The van der Waals surface area contributed by atoms with Crippen LogP contribution in [-0.4, -0.2) is 31.6 Å². The van der Waals surface area contributed by atoms with E-state index in [0.29, 0.717) is 17.7 Å². The van der Waals surface area contributed by atoms with Crippen molar-refractivity contribution < 1.29 is 23.9 Å². The molecular formula is C16H17NO5. The zero-order valence-electron chi connectivity index (χ0n) is 12.3. The van der Waals surface area contributed by atoms with Gasteiger partial charge in [-0.2, -0.15) is 0 Å². The third-order valence-corrected chi connectivity index (χ3v) is 2.67. The molecule has 6 heteroatoms. The molecule has 0 aliphatic carbocycles. The van der Waals surface area contributed by atoms with Crippen LogP contribution < -0.4 is 5.32 Å². The van der Waals surface area contributed by atoms with Gasteiger partial charge in [-0.25, -0.2) is 4.79 Å². The number of rotatable bonds is 7. The average molecular weight is 303 g/mol. The summed E-state index contributed by atoms with van der Waals surface area (Å²) in [7, 11) is 1.28. The summed E-state index contributed by atoms with van der Waals surface area (Å²) in [6.07, 6.45) is 5.59. The first-order valence-corrected chi connectivity index (χ1v) is 6.64. The highest BCUT2D eigenvalue weighted by Gasteiger charge is 2.09. The molecule has 1 aromatic rings. The molecule has 1 N–H and O–H groups in total. The lowest BCUT2D eigenvalue weighted by molar-refractivity contribution is -0.142. The smallest absolute Gasteiger partial charge is 0.337 e. The zero-order valence-corrected chi connectivity index (χ0v) is 12.3. The van der Waals surface area contributed by atoms with Crippen molar-refractivity contribution in [3.05, 3.63) is 29.8 Å². The van der Waals surface area contributed by atoms with Gasteiger partial charge in [0.25, 0.3) is 0 Å². The standard InChI is InChI=1S/C16H17NO5/c1-3-10-22-15(19)9-5-8-14(18)17-13-7-4-6-12(11-13)16(20)21-2/h1,4,6-7,11H,5,8-10H2,2H3,(H,17,18). The number of benzene rings is 1. The quantitative estimate of drug-likeness (QED) is 0.613. The molecule has 1 amide bonds. The summed E-state index contributed by atoms with van der Waals surface area (Å²) in [5, 5.41) is 2.65. The second-order valence-corrected chi connectivity index (χ2v) is 4.34. The molecule has 116 valence electrons. The molecule has 0 aliphatic heterocycles. The second-order valence-electron chi connectivity index (χ2n) is 4.34. The summed E-state index contributed by atoms with van der Waals surface area (Å²) in [6.45, 7) is -0.0641. The van der Waals surface area contributed by atoms with E-state index in [1.54, 1.807) is 18.2 Å². The second kappa shape index (κ2) is 9.19. The van der Waals surface area contributed by atoms with Gasteiger partial charge in [0.15, 0.2) is 6.61 Å². The van der Waals surface area contributed by atoms with E-state index < -0.39 is 11.9 Å². The minimum Gasteiger partial charge on any atom is -0.465 e. The van der Waals surface area contributed by atoms with Crippen LogP contribution in [0.25, 0.3) is 0 Å². The topological polar surface area (TPSA) is 81.7 Å². The van der Waals surface area contributed by atoms with Gasteiger partial charge in [0.1, 0.15) is 0 Å².